The van der Waals surface area contributed by atoms with Gasteiger partial charge in [0.05, 0.1) is 42.3 Å². The molecule has 0 spiro atoms. The van der Waals surface area contributed by atoms with Crippen LogP contribution in [0.4, 0.5) is 0 Å². The van der Waals surface area contributed by atoms with E-state index in [0.717, 1.165) is 143 Å². The number of hydrogen-bond acceptors (Lipinski definition) is 30. The summed E-state index contributed by atoms with van der Waals surface area (Å²) in [6.45, 7) is 5.30. The van der Waals surface area contributed by atoms with Crippen molar-refractivity contribution in [1.82, 2.24) is 90.4 Å². The predicted molar refractivity (Wildman–Crippen MR) is 521 cm³/mol. The van der Waals surface area contributed by atoms with Gasteiger partial charge < -0.3 is 159 Å². The Morgan fingerprint density at radius 1 is 0.377 bits per heavy atom. The van der Waals surface area contributed by atoms with Gasteiger partial charge in [-0.15, -0.1) is 0 Å². The van der Waals surface area contributed by atoms with Crippen molar-refractivity contribution >= 4 is 118 Å². The average molecular weight is 2050 g/mol. The second-order valence-electron chi connectivity index (χ2n) is 35.0. The van der Waals surface area contributed by atoms with Crippen LogP contribution < -0.4 is 113 Å². The fraction of sp³-hybridized carbons (Fsp3) is 0.381. The van der Waals surface area contributed by atoms with E-state index in [9.17, 15) is 93.9 Å². The van der Waals surface area contributed by atoms with Gasteiger partial charge in [0, 0.05) is 13.0 Å². The first-order valence-electron chi connectivity index (χ1n) is 46.2. The van der Waals surface area contributed by atoms with E-state index in [1.54, 1.807) is 44.2 Å². The standard InChI is InChI=1S/C97H122ClN21O27/c1-46(2)40-67-86(135)105-47(3)82(131)114-81(57-26-37-70(128)63(98)42-57)90(139)103-44-69(110-83(132)64(101)43-71(102)129)88(137)116-77(53-18-29-59(124)30-19-53)94(143)108-66(15-11-39-100)84(133)111-74(49(5)121)92(141)118-80(56-24-35-62(127)36-25-56)97(146)119-79(55-22-33-61(126)34-23-55)96(145)112-73(48(4)120)91(140)109-68(41-51-12-8-7-9-13-51)87(136)107-65(14-10-38-99)85(134)115-78(54-20-31-60(125)32-21-54)95(144)113-75(50(6)122)93(142)117-76(52-16-27-58(123)28-17-52)89(138)104-45-72(130)106-67/h7-9,12-13,16-37,42,46-50,64-69,73-81,120-128H,10-11,14-15,38-41,43-45,99-101H2,1-6H3,(H2,102,129)(H,103,139)(H,104,138)(H,105,135)(H,106,130)(H,107,136)(H,108,143)(H,109,140)(H,110,132)(H,111,133)(H,112,145)(H,113,144)(H,114,131)(H,115,134)(H,116,137)(H,117,142)(H,118,141)(H,119,146)/t47-,48+,49-,50-,64+,65-,66-,67+,68+,69+,73+,74-,75-,76+,77-,78+,79-,80+,81+/m1/s1. The van der Waals surface area contributed by atoms with Crippen molar-refractivity contribution in [2.24, 2.45) is 28.9 Å². The Balaban J connectivity index is 1.22. The van der Waals surface area contributed by atoms with E-state index in [1.807, 2.05) is 0 Å². The highest BCUT2D eigenvalue weighted by Crippen LogP contribution is 2.30. The van der Waals surface area contributed by atoms with E-state index in [-0.39, 0.29) is 106 Å². The van der Waals surface area contributed by atoms with E-state index in [1.165, 1.54) is 24.3 Å². The molecule has 0 bridgehead atoms. The van der Waals surface area contributed by atoms with Gasteiger partial charge >= 0.3 is 0 Å². The highest BCUT2D eigenvalue weighted by molar-refractivity contribution is 6.32. The molecule has 18 amide bonds. The molecule has 146 heavy (non-hydrogen) atoms. The number of nitrogens with two attached hydrogens (primary N) is 4. The number of carbonyl (C=O) groups excluding carboxylic acids is 18. The predicted octanol–water partition coefficient (Wildman–Crippen LogP) is -4.24. The third-order valence-corrected chi connectivity index (χ3v) is 23.2. The summed E-state index contributed by atoms with van der Waals surface area (Å²) in [4.78, 5) is 264. The smallest absolute Gasteiger partial charge is 0.248 e. The van der Waals surface area contributed by atoms with Crippen LogP contribution in [0.25, 0.3) is 0 Å². The Morgan fingerprint density at radius 2 is 0.705 bits per heavy atom. The van der Waals surface area contributed by atoms with Crippen LogP contribution in [0, 0.1) is 5.92 Å². The molecule has 49 heteroatoms. The summed E-state index contributed by atoms with van der Waals surface area (Å²) in [7, 11) is 0. The van der Waals surface area contributed by atoms with Crippen molar-refractivity contribution in [2.75, 3.05) is 26.2 Å². The highest BCUT2D eigenvalue weighted by Gasteiger charge is 2.43. The van der Waals surface area contributed by atoms with Crippen molar-refractivity contribution in [3.05, 3.63) is 214 Å². The molecule has 7 aromatic carbocycles. The van der Waals surface area contributed by atoms with Crippen LogP contribution in [0.3, 0.4) is 0 Å². The zero-order valence-corrected chi connectivity index (χ0v) is 80.8. The van der Waals surface area contributed by atoms with Crippen LogP contribution in [-0.4, -0.2) is 257 Å². The third-order valence-electron chi connectivity index (χ3n) is 22.9. The number of primary amides is 1. The Hall–Kier alpha value is -16.2. The third kappa shape index (κ3) is 34.3. The molecular weight excluding hydrogens is 1930 g/mol. The average Bonchev–Trinajstić information content (AvgIpc) is 0.759. The van der Waals surface area contributed by atoms with Crippen LogP contribution >= 0.6 is 11.6 Å². The summed E-state index contributed by atoms with van der Waals surface area (Å²) >= 11 is 6.36. The Labute approximate surface area is 841 Å². The van der Waals surface area contributed by atoms with Crippen molar-refractivity contribution in [2.45, 2.75) is 201 Å². The molecule has 1 aliphatic heterocycles. The van der Waals surface area contributed by atoms with Crippen LogP contribution in [-0.2, 0) is 92.7 Å². The van der Waals surface area contributed by atoms with Gasteiger partial charge in [0.25, 0.3) is 0 Å². The zero-order valence-electron chi connectivity index (χ0n) is 80.1. The molecule has 0 unspecified atom stereocenters. The fourth-order valence-electron chi connectivity index (χ4n) is 15.0. The van der Waals surface area contributed by atoms with Gasteiger partial charge in [-0.2, -0.15) is 0 Å². The first-order chi connectivity index (χ1) is 69.1. The van der Waals surface area contributed by atoms with Gasteiger partial charge in [0.15, 0.2) is 0 Å². The Morgan fingerprint density at radius 3 is 1.12 bits per heavy atom. The number of aliphatic hydroxyl groups is 3. The summed E-state index contributed by atoms with van der Waals surface area (Å²) in [5.74, 6) is -24.8. The molecule has 19 atom stereocenters. The maximum Gasteiger partial charge on any atom is 0.248 e. The quantitative estimate of drug-likeness (QED) is 0.0288. The highest BCUT2D eigenvalue weighted by atomic mass is 35.5. The number of aliphatic hydroxyl groups excluding tert-OH is 3. The summed E-state index contributed by atoms with van der Waals surface area (Å²) in [6, 6.07) is 3.16. The monoisotopic (exact) mass is 2050 g/mol. The zero-order chi connectivity index (χ0) is 108. The second kappa shape index (κ2) is 54.9. The Kier molecular flexibility index (Phi) is 43.3. The minimum atomic E-state index is -2.13. The van der Waals surface area contributed by atoms with Gasteiger partial charge in [-0.25, -0.2) is 0 Å². The minimum absolute atomic E-state index is 0.0273. The molecule has 1 saturated heterocycles. The minimum Gasteiger partial charge on any atom is -0.508 e. The van der Waals surface area contributed by atoms with E-state index in [0.29, 0.717) is 5.56 Å². The first kappa shape index (κ1) is 115. The number of phenolic OH excluding ortho intramolecular Hbond substituents is 6. The molecule has 34 N–H and O–H groups in total. The van der Waals surface area contributed by atoms with Gasteiger partial charge in [0.1, 0.15) is 125 Å². The lowest BCUT2D eigenvalue weighted by molar-refractivity contribution is -0.138. The molecule has 1 aliphatic rings. The molecule has 1 heterocycles. The van der Waals surface area contributed by atoms with Gasteiger partial charge in [-0.05, 0) is 191 Å². The van der Waals surface area contributed by atoms with E-state index >= 15 is 38.4 Å². The molecule has 0 radical (unpaired) electrons. The lowest BCUT2D eigenvalue weighted by Gasteiger charge is -2.30. The van der Waals surface area contributed by atoms with Gasteiger partial charge in [0.2, 0.25) is 106 Å². The molecule has 7 aromatic rings. The summed E-state index contributed by atoms with van der Waals surface area (Å²) < 4.78 is 0. The number of hydrogen-bond donors (Lipinski definition) is 30. The number of rotatable bonds is 23. The van der Waals surface area contributed by atoms with Crippen LogP contribution in [0.5, 0.6) is 34.5 Å². The van der Waals surface area contributed by atoms with Crippen molar-refractivity contribution in [3.63, 3.8) is 0 Å². The van der Waals surface area contributed by atoms with Crippen molar-refractivity contribution in [1.29, 1.82) is 0 Å². The molecule has 0 aromatic heterocycles. The number of aromatic hydroxyl groups is 6. The number of amides is 18. The molecular formula is C97H122ClN21O27. The van der Waals surface area contributed by atoms with E-state index in [2.05, 4.69) is 90.4 Å². The van der Waals surface area contributed by atoms with E-state index < -0.39 is 265 Å². The topological polar surface area (TPSA) is 798 Å². The lowest BCUT2D eigenvalue weighted by atomic mass is 10.0. The Bertz CT molecular complexity index is 5780. The maximum atomic E-state index is 15.3. The van der Waals surface area contributed by atoms with E-state index in [4.69, 9.17) is 34.5 Å². The largest absolute Gasteiger partial charge is 0.508 e. The number of benzene rings is 7. The van der Waals surface area contributed by atoms with Crippen LogP contribution in [0.1, 0.15) is 155 Å². The summed E-state index contributed by atoms with van der Waals surface area (Å²) in [5.41, 5.74) is 22.8. The molecule has 1 fully saturated rings. The van der Waals surface area contributed by atoms with Gasteiger partial charge in [-0.1, -0.05) is 123 Å². The first-order valence-corrected chi connectivity index (χ1v) is 46.6. The molecule has 0 aliphatic carbocycles. The van der Waals surface area contributed by atoms with Gasteiger partial charge in [-0.3, -0.25) is 86.3 Å². The van der Waals surface area contributed by atoms with Crippen LogP contribution in [0.2, 0.25) is 5.02 Å². The number of carbonyl (C=O) groups is 18. The second-order valence-corrected chi connectivity index (χ2v) is 35.4. The molecule has 0 saturated carbocycles. The normalized spacial score (nSPS) is 23.7. The number of halogens is 1. The summed E-state index contributed by atoms with van der Waals surface area (Å²) in [5, 5.41) is 138. The fourth-order valence-corrected chi connectivity index (χ4v) is 15.1. The molecule has 8 rings (SSSR count). The maximum absolute atomic E-state index is 15.3. The molecule has 784 valence electrons. The SMILES string of the molecule is CC(C)C[C@@H]1NC(=O)CNC(=O)[C@H](c2ccc(O)cc2)NC(=O)[C@@H]([C@@H](C)O)NC(=O)[C@H](c2ccc(O)cc2)NC(=O)[C@@H](CCCN)NC(=O)[C@H](Cc2ccccc2)NC(=O)[C@H]([C@H](C)O)NC(=O)[C@@H](c2ccc(O)cc2)NC(=O)[C@H](c2ccc(O)cc2)NC(=O)[C@@H]([C@@H](C)O)NC(=O)[C@@H](CCCN)NC(=O)[C@@H](c2ccc(O)cc2)NC(=O)[C@@H](NC(=O)[C@@H](N)CC(N)=O)CNC(=O)[C@H](c2ccc(O)c(Cl)c2)NC(=O)[C@@H](C)NC1=O. The number of nitrogens with one attached hydrogen (secondary N) is 17. The lowest BCUT2D eigenvalue weighted by Crippen LogP contribution is -2.61. The van der Waals surface area contributed by atoms with Crippen molar-refractivity contribution in [3.8, 4) is 34.5 Å². The summed E-state index contributed by atoms with van der Waals surface area (Å²) in [6.07, 6.45) is -7.96. The number of phenols is 6. The van der Waals surface area contributed by atoms with Crippen molar-refractivity contribution < 1.29 is 132 Å². The van der Waals surface area contributed by atoms with Crippen LogP contribution in [0.15, 0.2) is 170 Å². The molecule has 48 nitrogen and oxygen atoms in total.